The molecule has 5 heteroatoms. The van der Waals surface area contributed by atoms with E-state index in [0.717, 1.165) is 5.69 Å². The second-order valence-electron chi connectivity index (χ2n) is 3.35. The van der Waals surface area contributed by atoms with Gasteiger partial charge in [-0.25, -0.2) is 0 Å². The number of pyridine rings is 1. The van der Waals surface area contributed by atoms with Crippen LogP contribution in [0.4, 0.5) is 5.69 Å². The molecule has 1 rings (SSSR count). The number of nitrogens with one attached hydrogen (secondary N) is 1. The molecule has 1 heterocycles. The van der Waals surface area contributed by atoms with Crippen LogP contribution in [0.2, 0.25) is 0 Å². The molecule has 1 aromatic heterocycles. The van der Waals surface area contributed by atoms with Crippen LogP contribution in [0.25, 0.3) is 0 Å². The van der Waals surface area contributed by atoms with E-state index in [1.165, 1.54) is 6.20 Å². The second-order valence-corrected chi connectivity index (χ2v) is 3.35. The first-order valence-electron chi connectivity index (χ1n) is 4.76. The lowest BCUT2D eigenvalue weighted by molar-refractivity contribution is 0.0995. The first kappa shape index (κ1) is 11.5. The number of aliphatic hydroxyl groups excluding tert-OH is 1. The Morgan fingerprint density at radius 2 is 2.47 bits per heavy atom. The van der Waals surface area contributed by atoms with Gasteiger partial charge >= 0.3 is 0 Å². The number of carbonyl (C=O) groups excluding carboxylic acids is 1. The van der Waals surface area contributed by atoms with Gasteiger partial charge in [0.2, 0.25) is 0 Å². The van der Waals surface area contributed by atoms with Gasteiger partial charge in [-0.15, -0.1) is 0 Å². The van der Waals surface area contributed by atoms with Gasteiger partial charge in [0.25, 0.3) is 5.91 Å². The van der Waals surface area contributed by atoms with Crippen LogP contribution in [0, 0.1) is 0 Å². The van der Waals surface area contributed by atoms with Crippen molar-refractivity contribution in [2.45, 2.75) is 19.4 Å². The van der Waals surface area contributed by atoms with Crippen molar-refractivity contribution in [3.8, 4) is 0 Å². The number of hydrogen-bond donors (Lipinski definition) is 3. The molecular weight excluding hydrogens is 194 g/mol. The number of rotatable bonds is 5. The average molecular weight is 209 g/mol. The molecule has 0 spiro atoms. The summed E-state index contributed by atoms with van der Waals surface area (Å²) in [6.45, 7) is 2.07. The third kappa shape index (κ3) is 3.55. The van der Waals surface area contributed by atoms with E-state index in [9.17, 15) is 4.79 Å². The van der Waals surface area contributed by atoms with Crippen LogP contribution in [0.5, 0.6) is 0 Å². The van der Waals surface area contributed by atoms with Crippen molar-refractivity contribution in [3.05, 3.63) is 24.0 Å². The van der Waals surface area contributed by atoms with Crippen LogP contribution < -0.4 is 11.1 Å². The monoisotopic (exact) mass is 209 g/mol. The summed E-state index contributed by atoms with van der Waals surface area (Å²) in [5.74, 6) is -0.548. The van der Waals surface area contributed by atoms with Crippen molar-refractivity contribution in [2.75, 3.05) is 11.9 Å². The summed E-state index contributed by atoms with van der Waals surface area (Å²) in [5.41, 5.74) is 6.11. The van der Waals surface area contributed by atoms with E-state index in [4.69, 9.17) is 10.8 Å². The van der Waals surface area contributed by atoms with E-state index in [1.807, 2.05) is 6.92 Å². The summed E-state index contributed by atoms with van der Waals surface area (Å²) in [7, 11) is 0. The minimum Gasteiger partial charge on any atom is -0.396 e. The van der Waals surface area contributed by atoms with Gasteiger partial charge in [0.1, 0.15) is 5.69 Å². The van der Waals surface area contributed by atoms with E-state index in [1.54, 1.807) is 12.1 Å². The van der Waals surface area contributed by atoms with Gasteiger partial charge in [0.15, 0.2) is 0 Å². The van der Waals surface area contributed by atoms with Crippen molar-refractivity contribution in [3.63, 3.8) is 0 Å². The molecule has 0 fully saturated rings. The summed E-state index contributed by atoms with van der Waals surface area (Å²) in [4.78, 5) is 14.7. The quantitative estimate of drug-likeness (QED) is 0.653. The Hall–Kier alpha value is -1.62. The predicted molar refractivity (Wildman–Crippen MR) is 57.5 cm³/mol. The molecule has 0 aliphatic carbocycles. The van der Waals surface area contributed by atoms with Crippen molar-refractivity contribution in [1.29, 1.82) is 0 Å². The summed E-state index contributed by atoms with van der Waals surface area (Å²) in [6.07, 6.45) is 2.17. The molecule has 1 aromatic rings. The predicted octanol–water partition coefficient (Wildman–Crippen LogP) is 0.363. The Kier molecular flexibility index (Phi) is 4.05. The topological polar surface area (TPSA) is 88.2 Å². The lowest BCUT2D eigenvalue weighted by Gasteiger charge is -2.13. The van der Waals surface area contributed by atoms with Crippen molar-refractivity contribution < 1.29 is 9.90 Å². The third-order valence-electron chi connectivity index (χ3n) is 1.99. The van der Waals surface area contributed by atoms with Crippen LogP contribution >= 0.6 is 0 Å². The van der Waals surface area contributed by atoms with E-state index in [0.29, 0.717) is 6.42 Å². The summed E-state index contributed by atoms with van der Waals surface area (Å²) < 4.78 is 0. The number of nitrogens with zero attached hydrogens (tertiary/aromatic N) is 1. The first-order chi connectivity index (χ1) is 7.13. The highest BCUT2D eigenvalue weighted by Crippen LogP contribution is 2.10. The molecule has 1 amide bonds. The van der Waals surface area contributed by atoms with Gasteiger partial charge in [-0.3, -0.25) is 9.78 Å². The van der Waals surface area contributed by atoms with Gasteiger partial charge in [0, 0.05) is 24.5 Å². The van der Waals surface area contributed by atoms with Crippen LogP contribution in [-0.4, -0.2) is 28.6 Å². The lowest BCUT2D eigenvalue weighted by Crippen LogP contribution is -2.18. The van der Waals surface area contributed by atoms with Crippen LogP contribution in [-0.2, 0) is 0 Å². The van der Waals surface area contributed by atoms with Crippen LogP contribution in [0.1, 0.15) is 23.8 Å². The number of carbonyl (C=O) groups is 1. The molecule has 5 nitrogen and oxygen atoms in total. The average Bonchev–Trinajstić information content (AvgIpc) is 2.18. The molecule has 1 unspecified atom stereocenters. The number of primary amides is 1. The molecule has 1 atom stereocenters. The van der Waals surface area contributed by atoms with Gasteiger partial charge < -0.3 is 16.2 Å². The SMILES string of the molecule is CC(CCO)Nc1ccnc(C(N)=O)c1. The smallest absolute Gasteiger partial charge is 0.267 e. The number of aromatic nitrogens is 1. The molecule has 0 aliphatic rings. The van der Waals surface area contributed by atoms with Crippen LogP contribution in [0.15, 0.2) is 18.3 Å². The van der Waals surface area contributed by atoms with E-state index in [2.05, 4.69) is 10.3 Å². The summed E-state index contributed by atoms with van der Waals surface area (Å²) >= 11 is 0. The highest BCUT2D eigenvalue weighted by atomic mass is 16.3. The number of aliphatic hydroxyl groups is 1. The van der Waals surface area contributed by atoms with E-state index >= 15 is 0 Å². The highest BCUT2D eigenvalue weighted by Gasteiger charge is 2.05. The van der Waals surface area contributed by atoms with Gasteiger partial charge in [-0.1, -0.05) is 0 Å². The summed E-state index contributed by atoms with van der Waals surface area (Å²) in [6, 6.07) is 3.48. The molecule has 0 aliphatic heterocycles. The van der Waals surface area contributed by atoms with Crippen molar-refractivity contribution in [1.82, 2.24) is 4.98 Å². The lowest BCUT2D eigenvalue weighted by atomic mass is 10.2. The Morgan fingerprint density at radius 3 is 3.07 bits per heavy atom. The fourth-order valence-electron chi connectivity index (χ4n) is 1.21. The maximum Gasteiger partial charge on any atom is 0.267 e. The first-order valence-corrected chi connectivity index (χ1v) is 4.76. The maximum atomic E-state index is 10.9. The fourth-order valence-corrected chi connectivity index (χ4v) is 1.21. The molecule has 4 N–H and O–H groups in total. The van der Waals surface area contributed by atoms with Gasteiger partial charge in [0.05, 0.1) is 0 Å². The Bertz CT molecular complexity index is 341. The Balaban J connectivity index is 2.69. The van der Waals surface area contributed by atoms with Crippen molar-refractivity contribution >= 4 is 11.6 Å². The van der Waals surface area contributed by atoms with E-state index in [-0.39, 0.29) is 18.3 Å². The van der Waals surface area contributed by atoms with Gasteiger partial charge in [-0.05, 0) is 25.5 Å². The minimum absolute atomic E-state index is 0.127. The standard InChI is InChI=1S/C10H15N3O2/c1-7(3-5-14)13-8-2-4-12-9(6-8)10(11)15/h2,4,6-7,14H,3,5H2,1H3,(H2,11,15)(H,12,13). The second kappa shape index (κ2) is 5.31. The molecule has 0 saturated carbocycles. The Labute approximate surface area is 88.3 Å². The van der Waals surface area contributed by atoms with Crippen molar-refractivity contribution in [2.24, 2.45) is 5.73 Å². The molecule has 82 valence electrons. The molecule has 15 heavy (non-hydrogen) atoms. The zero-order valence-corrected chi connectivity index (χ0v) is 8.60. The number of amides is 1. The number of nitrogens with two attached hydrogens (primary N) is 1. The zero-order valence-electron chi connectivity index (χ0n) is 8.60. The van der Waals surface area contributed by atoms with Gasteiger partial charge in [-0.2, -0.15) is 0 Å². The molecule has 0 aromatic carbocycles. The highest BCUT2D eigenvalue weighted by molar-refractivity contribution is 5.91. The molecule has 0 bridgehead atoms. The Morgan fingerprint density at radius 1 is 1.73 bits per heavy atom. The molecule has 0 saturated heterocycles. The zero-order chi connectivity index (χ0) is 11.3. The number of anilines is 1. The van der Waals surface area contributed by atoms with E-state index < -0.39 is 5.91 Å². The summed E-state index contributed by atoms with van der Waals surface area (Å²) in [5, 5.41) is 11.9. The normalized spacial score (nSPS) is 12.1. The largest absolute Gasteiger partial charge is 0.396 e. The fraction of sp³-hybridized carbons (Fsp3) is 0.400. The van der Waals surface area contributed by atoms with Crippen LogP contribution in [0.3, 0.4) is 0 Å². The molecule has 0 radical (unpaired) electrons. The third-order valence-corrected chi connectivity index (χ3v) is 1.99. The number of hydrogen-bond acceptors (Lipinski definition) is 4. The molecular formula is C10H15N3O2. The minimum atomic E-state index is -0.548. The maximum absolute atomic E-state index is 10.9.